The SMILES string of the molecule is C=C(N=CC(Br)C=C(C)C)C1CC1. The Hall–Kier alpha value is -0.370. The summed E-state index contributed by atoms with van der Waals surface area (Å²) in [7, 11) is 0. The number of aliphatic imine (C=N–C) groups is 1. The van der Waals surface area contributed by atoms with Crippen LogP contribution in [-0.2, 0) is 0 Å². The molecule has 0 spiro atoms. The van der Waals surface area contributed by atoms with Crippen molar-refractivity contribution in [3.8, 4) is 0 Å². The normalized spacial score (nSPS) is 18.7. The van der Waals surface area contributed by atoms with Gasteiger partial charge in [0.2, 0.25) is 0 Å². The van der Waals surface area contributed by atoms with Crippen molar-refractivity contribution in [3.63, 3.8) is 0 Å². The quantitative estimate of drug-likeness (QED) is 0.405. The van der Waals surface area contributed by atoms with Gasteiger partial charge < -0.3 is 0 Å². The Morgan fingerprint density at radius 3 is 2.62 bits per heavy atom. The molecule has 1 nitrogen and oxygen atoms in total. The monoisotopic (exact) mass is 241 g/mol. The molecule has 0 radical (unpaired) electrons. The largest absolute Gasteiger partial charge is 0.264 e. The van der Waals surface area contributed by atoms with Crippen LogP contribution in [0.4, 0.5) is 0 Å². The minimum atomic E-state index is 0.244. The van der Waals surface area contributed by atoms with E-state index in [1.807, 2.05) is 6.21 Å². The van der Waals surface area contributed by atoms with Crippen LogP contribution in [0.25, 0.3) is 0 Å². The number of nitrogens with zero attached hydrogens (tertiary/aromatic N) is 1. The molecule has 0 aromatic rings. The first-order valence-corrected chi connectivity index (χ1v) is 5.53. The molecule has 72 valence electrons. The number of hydrogen-bond acceptors (Lipinski definition) is 1. The molecule has 0 bridgehead atoms. The summed E-state index contributed by atoms with van der Waals surface area (Å²) in [4.78, 5) is 4.57. The lowest BCUT2D eigenvalue weighted by molar-refractivity contribution is 0.990. The Bertz CT molecular complexity index is 245. The molecule has 0 aromatic heterocycles. The zero-order valence-electron chi connectivity index (χ0n) is 8.26. The van der Waals surface area contributed by atoms with Gasteiger partial charge in [0.15, 0.2) is 0 Å². The van der Waals surface area contributed by atoms with Gasteiger partial charge in [-0.1, -0.05) is 34.2 Å². The molecule has 2 heteroatoms. The predicted molar refractivity (Wildman–Crippen MR) is 62.5 cm³/mol. The first kappa shape index (κ1) is 10.7. The summed E-state index contributed by atoms with van der Waals surface area (Å²) in [5, 5.41) is 0. The lowest BCUT2D eigenvalue weighted by Gasteiger charge is -1.98. The van der Waals surface area contributed by atoms with Crippen LogP contribution in [0.3, 0.4) is 0 Å². The van der Waals surface area contributed by atoms with Crippen molar-refractivity contribution >= 4 is 22.1 Å². The Labute approximate surface area is 88.8 Å². The van der Waals surface area contributed by atoms with Gasteiger partial charge in [-0.15, -0.1) is 0 Å². The summed E-state index contributed by atoms with van der Waals surface area (Å²) >= 11 is 3.51. The second-order valence-electron chi connectivity index (χ2n) is 3.73. The average molecular weight is 242 g/mol. The molecule has 1 unspecified atom stereocenters. The number of allylic oxidation sites excluding steroid dienone is 3. The molecule has 1 aliphatic carbocycles. The molecule has 0 saturated heterocycles. The van der Waals surface area contributed by atoms with E-state index in [1.165, 1.54) is 18.4 Å². The van der Waals surface area contributed by atoms with E-state index in [0.29, 0.717) is 5.92 Å². The number of halogens is 1. The first-order chi connectivity index (χ1) is 6.09. The fourth-order valence-corrected chi connectivity index (χ4v) is 1.70. The van der Waals surface area contributed by atoms with E-state index in [1.54, 1.807) is 0 Å². The highest BCUT2D eigenvalue weighted by Crippen LogP contribution is 2.35. The molecule has 0 amide bonds. The zero-order valence-corrected chi connectivity index (χ0v) is 9.84. The van der Waals surface area contributed by atoms with Crippen LogP contribution in [0.1, 0.15) is 26.7 Å². The predicted octanol–water partition coefficient (Wildman–Crippen LogP) is 3.71. The van der Waals surface area contributed by atoms with Crippen molar-refractivity contribution in [1.29, 1.82) is 0 Å². The van der Waals surface area contributed by atoms with E-state index in [2.05, 4.69) is 47.4 Å². The first-order valence-electron chi connectivity index (χ1n) is 4.61. The molecular weight excluding hydrogens is 226 g/mol. The van der Waals surface area contributed by atoms with E-state index in [4.69, 9.17) is 0 Å². The van der Waals surface area contributed by atoms with E-state index in [-0.39, 0.29) is 4.83 Å². The molecule has 1 rings (SSSR count). The molecule has 0 aliphatic heterocycles. The van der Waals surface area contributed by atoms with Crippen LogP contribution < -0.4 is 0 Å². The van der Waals surface area contributed by atoms with Gasteiger partial charge in [-0.3, -0.25) is 4.99 Å². The lowest BCUT2D eigenvalue weighted by atomic mass is 10.3. The maximum Gasteiger partial charge on any atom is 0.0680 e. The van der Waals surface area contributed by atoms with Crippen molar-refractivity contribution in [2.24, 2.45) is 10.9 Å². The third-order valence-corrected chi connectivity index (χ3v) is 2.42. The highest BCUT2D eigenvalue weighted by atomic mass is 79.9. The molecular formula is C11H16BrN. The molecule has 0 aromatic carbocycles. The number of rotatable bonds is 4. The summed E-state index contributed by atoms with van der Waals surface area (Å²) in [6.45, 7) is 8.09. The van der Waals surface area contributed by atoms with Gasteiger partial charge in [-0.2, -0.15) is 0 Å². The summed E-state index contributed by atoms with van der Waals surface area (Å²) < 4.78 is 0. The summed E-state index contributed by atoms with van der Waals surface area (Å²) in [6, 6.07) is 0. The number of hydrogen-bond donors (Lipinski definition) is 0. The van der Waals surface area contributed by atoms with Crippen LogP contribution in [0.15, 0.2) is 28.9 Å². The fourth-order valence-electron chi connectivity index (χ4n) is 1.05. The summed E-state index contributed by atoms with van der Waals surface area (Å²) in [5.74, 6) is 0.669. The summed E-state index contributed by atoms with van der Waals surface area (Å²) in [6.07, 6.45) is 6.58. The topological polar surface area (TPSA) is 12.4 Å². The Kier molecular flexibility index (Phi) is 3.91. The zero-order chi connectivity index (χ0) is 9.84. The van der Waals surface area contributed by atoms with E-state index < -0.39 is 0 Å². The van der Waals surface area contributed by atoms with E-state index in [0.717, 1.165) is 5.70 Å². The van der Waals surface area contributed by atoms with Crippen molar-refractivity contribution < 1.29 is 0 Å². The highest BCUT2D eigenvalue weighted by Gasteiger charge is 2.23. The van der Waals surface area contributed by atoms with E-state index in [9.17, 15) is 0 Å². The van der Waals surface area contributed by atoms with Crippen molar-refractivity contribution in [1.82, 2.24) is 0 Å². The Balaban J connectivity index is 2.37. The van der Waals surface area contributed by atoms with Crippen molar-refractivity contribution in [3.05, 3.63) is 23.9 Å². The van der Waals surface area contributed by atoms with Crippen LogP contribution in [-0.4, -0.2) is 11.0 Å². The van der Waals surface area contributed by atoms with Crippen LogP contribution in [0.2, 0.25) is 0 Å². The van der Waals surface area contributed by atoms with Gasteiger partial charge in [0, 0.05) is 17.8 Å². The summed E-state index contributed by atoms with van der Waals surface area (Å²) in [5.41, 5.74) is 2.33. The number of alkyl halides is 1. The van der Waals surface area contributed by atoms with Crippen LogP contribution in [0.5, 0.6) is 0 Å². The van der Waals surface area contributed by atoms with E-state index >= 15 is 0 Å². The second-order valence-corrected chi connectivity index (χ2v) is 4.79. The maximum absolute atomic E-state index is 4.33. The Morgan fingerprint density at radius 2 is 2.15 bits per heavy atom. The third kappa shape index (κ3) is 4.41. The lowest BCUT2D eigenvalue weighted by Crippen LogP contribution is -1.95. The van der Waals surface area contributed by atoms with Gasteiger partial charge >= 0.3 is 0 Å². The molecule has 0 N–H and O–H groups in total. The molecule has 13 heavy (non-hydrogen) atoms. The smallest absolute Gasteiger partial charge is 0.0680 e. The second kappa shape index (κ2) is 4.75. The van der Waals surface area contributed by atoms with Crippen molar-refractivity contribution in [2.45, 2.75) is 31.5 Å². The minimum absolute atomic E-state index is 0.244. The highest BCUT2D eigenvalue weighted by molar-refractivity contribution is 9.10. The van der Waals surface area contributed by atoms with Gasteiger partial charge in [0.25, 0.3) is 0 Å². The van der Waals surface area contributed by atoms with Crippen LogP contribution in [0, 0.1) is 5.92 Å². The molecule has 1 aliphatic rings. The third-order valence-electron chi connectivity index (χ3n) is 1.92. The Morgan fingerprint density at radius 1 is 1.54 bits per heavy atom. The van der Waals surface area contributed by atoms with Gasteiger partial charge in [0.1, 0.15) is 0 Å². The standard InChI is InChI=1S/C11H16BrN/c1-8(2)6-11(12)7-13-9(3)10-4-5-10/h6-7,10-11H,3-5H2,1-2H3. The van der Waals surface area contributed by atoms with Crippen molar-refractivity contribution in [2.75, 3.05) is 0 Å². The maximum atomic E-state index is 4.33. The van der Waals surface area contributed by atoms with Gasteiger partial charge in [0.05, 0.1) is 4.83 Å². The minimum Gasteiger partial charge on any atom is -0.264 e. The molecule has 1 atom stereocenters. The molecule has 1 saturated carbocycles. The van der Waals surface area contributed by atoms with Crippen LogP contribution >= 0.6 is 15.9 Å². The van der Waals surface area contributed by atoms with Gasteiger partial charge in [-0.25, -0.2) is 0 Å². The average Bonchev–Trinajstić information content (AvgIpc) is 2.80. The molecule has 1 fully saturated rings. The fraction of sp³-hybridized carbons (Fsp3) is 0.545. The van der Waals surface area contributed by atoms with Gasteiger partial charge in [-0.05, 0) is 26.7 Å². The molecule has 0 heterocycles.